The van der Waals surface area contributed by atoms with Gasteiger partial charge in [0.15, 0.2) is 0 Å². The van der Waals surface area contributed by atoms with Gasteiger partial charge in [0, 0.05) is 38.0 Å². The van der Waals surface area contributed by atoms with Crippen LogP contribution in [0.15, 0.2) is 18.2 Å². The third kappa shape index (κ3) is 2.78. The summed E-state index contributed by atoms with van der Waals surface area (Å²) in [5.41, 5.74) is 0.517. The molecule has 0 saturated carbocycles. The van der Waals surface area contributed by atoms with E-state index in [0.29, 0.717) is 18.8 Å². The van der Waals surface area contributed by atoms with Gasteiger partial charge in [0.05, 0.1) is 10.5 Å². The minimum Gasteiger partial charge on any atom is -0.387 e. The molecule has 2 rings (SSSR count). The summed E-state index contributed by atoms with van der Waals surface area (Å²) >= 11 is 0. The highest BCUT2D eigenvalue weighted by atomic mass is 16.6. The van der Waals surface area contributed by atoms with Gasteiger partial charge in [0.25, 0.3) is 11.6 Å². The number of benzene rings is 1. The quantitative estimate of drug-likeness (QED) is 0.627. The van der Waals surface area contributed by atoms with Gasteiger partial charge < -0.3 is 15.5 Å². The van der Waals surface area contributed by atoms with E-state index >= 15 is 0 Å². The van der Waals surface area contributed by atoms with Crippen molar-refractivity contribution < 1.29 is 14.5 Å². The van der Waals surface area contributed by atoms with E-state index in [1.54, 1.807) is 14.0 Å². The molecular weight excluding hydrogens is 276 g/mol. The van der Waals surface area contributed by atoms with Crippen LogP contribution in [-0.4, -0.2) is 47.8 Å². The fourth-order valence-electron chi connectivity index (χ4n) is 2.26. The van der Waals surface area contributed by atoms with Gasteiger partial charge in [-0.25, -0.2) is 0 Å². The fraction of sp³-hybridized carbons (Fsp3) is 0.385. The van der Waals surface area contributed by atoms with Crippen LogP contribution in [0, 0.1) is 10.1 Å². The first-order valence-corrected chi connectivity index (χ1v) is 6.50. The molecule has 1 atom stereocenters. The summed E-state index contributed by atoms with van der Waals surface area (Å²) in [5.74, 6) is -0.628. The molecule has 2 amide bonds. The average Bonchev–Trinajstić information content (AvgIpc) is 2.48. The van der Waals surface area contributed by atoms with Gasteiger partial charge >= 0.3 is 0 Å². The molecule has 0 aliphatic carbocycles. The number of rotatable bonds is 3. The first-order valence-electron chi connectivity index (χ1n) is 6.50. The third-order valence-electron chi connectivity index (χ3n) is 3.47. The molecular formula is C13H16N4O4. The van der Waals surface area contributed by atoms with Gasteiger partial charge in [-0.15, -0.1) is 0 Å². The van der Waals surface area contributed by atoms with E-state index in [1.165, 1.54) is 23.1 Å². The lowest BCUT2D eigenvalue weighted by Gasteiger charge is -2.33. The Morgan fingerprint density at radius 1 is 1.52 bits per heavy atom. The number of piperazine rings is 1. The molecule has 1 aliphatic rings. The maximum atomic E-state index is 12.6. The topological polar surface area (TPSA) is 105 Å². The van der Waals surface area contributed by atoms with Crippen molar-refractivity contribution in [3.05, 3.63) is 33.9 Å². The molecule has 21 heavy (non-hydrogen) atoms. The predicted octanol–water partition coefficient (Wildman–Crippen LogP) is 0.597. The molecule has 0 aromatic heterocycles. The summed E-state index contributed by atoms with van der Waals surface area (Å²) in [7, 11) is 1.63. The summed E-state index contributed by atoms with van der Waals surface area (Å²) in [4.78, 5) is 36.0. The molecule has 1 aromatic rings. The molecule has 1 aromatic carbocycles. The molecule has 112 valence electrons. The van der Waals surface area contributed by atoms with Crippen molar-refractivity contribution in [1.82, 2.24) is 10.2 Å². The van der Waals surface area contributed by atoms with E-state index in [9.17, 15) is 19.7 Å². The third-order valence-corrected chi connectivity index (χ3v) is 3.47. The van der Waals surface area contributed by atoms with E-state index < -0.39 is 16.9 Å². The van der Waals surface area contributed by atoms with E-state index in [1.807, 2.05) is 0 Å². The molecule has 2 N–H and O–H groups in total. The minimum absolute atomic E-state index is 0.161. The molecule has 0 bridgehead atoms. The Kier molecular flexibility index (Phi) is 4.06. The molecule has 0 radical (unpaired) electrons. The second kappa shape index (κ2) is 5.78. The first-order chi connectivity index (χ1) is 9.95. The number of amides is 2. The second-order valence-electron chi connectivity index (χ2n) is 4.70. The summed E-state index contributed by atoms with van der Waals surface area (Å²) in [6.45, 7) is 2.37. The zero-order valence-electron chi connectivity index (χ0n) is 11.8. The zero-order chi connectivity index (χ0) is 15.6. The average molecular weight is 292 g/mol. The van der Waals surface area contributed by atoms with Crippen molar-refractivity contribution in [2.24, 2.45) is 0 Å². The van der Waals surface area contributed by atoms with Crippen LogP contribution in [0.4, 0.5) is 11.4 Å². The van der Waals surface area contributed by atoms with Crippen molar-refractivity contribution in [3.8, 4) is 0 Å². The van der Waals surface area contributed by atoms with Gasteiger partial charge in [0.2, 0.25) is 5.91 Å². The minimum atomic E-state index is -0.602. The van der Waals surface area contributed by atoms with E-state index in [0.717, 1.165) is 0 Å². The summed E-state index contributed by atoms with van der Waals surface area (Å²) < 4.78 is 0. The number of nitro groups is 1. The standard InChI is InChI=1S/C13H16N4O4/c1-8-12(18)15-5-6-16(8)13(19)10-7-9(17(20)21)3-4-11(10)14-2/h3-4,7-8,14H,5-6H2,1-2H3,(H,15,18). The molecule has 1 aliphatic heterocycles. The van der Waals surface area contributed by atoms with Crippen molar-refractivity contribution in [2.75, 3.05) is 25.5 Å². The van der Waals surface area contributed by atoms with Crippen LogP contribution >= 0.6 is 0 Å². The number of nitro benzene ring substituents is 1. The van der Waals surface area contributed by atoms with E-state index in [2.05, 4.69) is 10.6 Å². The first kappa shape index (κ1) is 14.8. The highest BCUT2D eigenvalue weighted by Gasteiger charge is 2.31. The SMILES string of the molecule is CNc1ccc([N+](=O)[O-])cc1C(=O)N1CCNC(=O)C1C. The Morgan fingerprint density at radius 2 is 2.24 bits per heavy atom. The van der Waals surface area contributed by atoms with Gasteiger partial charge in [0.1, 0.15) is 6.04 Å². The van der Waals surface area contributed by atoms with Crippen LogP contribution in [-0.2, 0) is 4.79 Å². The lowest BCUT2D eigenvalue weighted by molar-refractivity contribution is -0.384. The fourth-order valence-corrected chi connectivity index (χ4v) is 2.26. The number of nitrogens with zero attached hydrogens (tertiary/aromatic N) is 2. The van der Waals surface area contributed by atoms with Gasteiger partial charge in [-0.3, -0.25) is 19.7 Å². The lowest BCUT2D eigenvalue weighted by atomic mass is 10.1. The Labute approximate surface area is 121 Å². The van der Waals surface area contributed by atoms with Crippen LogP contribution in [0.1, 0.15) is 17.3 Å². The normalized spacial score (nSPS) is 18.1. The van der Waals surface area contributed by atoms with Crippen LogP contribution < -0.4 is 10.6 Å². The van der Waals surface area contributed by atoms with Crippen molar-refractivity contribution >= 4 is 23.2 Å². The van der Waals surface area contributed by atoms with Crippen molar-refractivity contribution in [1.29, 1.82) is 0 Å². The number of nitrogens with one attached hydrogen (secondary N) is 2. The van der Waals surface area contributed by atoms with Gasteiger partial charge in [-0.1, -0.05) is 0 Å². The maximum absolute atomic E-state index is 12.6. The molecule has 8 heteroatoms. The predicted molar refractivity (Wildman–Crippen MR) is 76.2 cm³/mol. The highest BCUT2D eigenvalue weighted by Crippen LogP contribution is 2.24. The second-order valence-corrected chi connectivity index (χ2v) is 4.70. The lowest BCUT2D eigenvalue weighted by Crippen LogP contribution is -2.55. The van der Waals surface area contributed by atoms with Crippen molar-refractivity contribution in [3.63, 3.8) is 0 Å². The molecule has 0 spiro atoms. The van der Waals surface area contributed by atoms with Gasteiger partial charge in [-0.2, -0.15) is 0 Å². The number of anilines is 1. The van der Waals surface area contributed by atoms with Crippen molar-refractivity contribution in [2.45, 2.75) is 13.0 Å². The maximum Gasteiger partial charge on any atom is 0.270 e. The smallest absolute Gasteiger partial charge is 0.270 e. The largest absolute Gasteiger partial charge is 0.387 e. The molecule has 8 nitrogen and oxygen atoms in total. The number of non-ortho nitro benzene ring substituents is 1. The zero-order valence-corrected chi connectivity index (χ0v) is 11.8. The molecule has 1 unspecified atom stereocenters. The van der Waals surface area contributed by atoms with Gasteiger partial charge in [-0.05, 0) is 13.0 Å². The van der Waals surface area contributed by atoms with E-state index in [4.69, 9.17) is 0 Å². The summed E-state index contributed by atoms with van der Waals surface area (Å²) in [6.07, 6.45) is 0. The summed E-state index contributed by atoms with van der Waals surface area (Å²) in [6, 6.07) is 3.44. The Hall–Kier alpha value is -2.64. The Morgan fingerprint density at radius 3 is 2.86 bits per heavy atom. The van der Waals surface area contributed by atoms with Crippen LogP contribution in [0.2, 0.25) is 0 Å². The number of hydrogen-bond donors (Lipinski definition) is 2. The monoisotopic (exact) mass is 292 g/mol. The van der Waals surface area contributed by atoms with Crippen LogP contribution in [0.25, 0.3) is 0 Å². The molecule has 1 heterocycles. The Bertz CT molecular complexity index is 602. The highest BCUT2D eigenvalue weighted by molar-refractivity contribution is 6.02. The van der Waals surface area contributed by atoms with Crippen LogP contribution in [0.5, 0.6) is 0 Å². The summed E-state index contributed by atoms with van der Waals surface area (Å²) in [5, 5.41) is 16.4. The number of hydrogen-bond acceptors (Lipinski definition) is 5. The van der Waals surface area contributed by atoms with Crippen LogP contribution in [0.3, 0.4) is 0 Å². The number of carbonyl (C=O) groups excluding carboxylic acids is 2. The number of carbonyl (C=O) groups is 2. The molecule has 1 saturated heterocycles. The van der Waals surface area contributed by atoms with E-state index in [-0.39, 0.29) is 17.2 Å². The Balaban J connectivity index is 2.39. The molecule has 1 fully saturated rings.